The molecule has 0 aromatic heterocycles. The van der Waals surface area contributed by atoms with Crippen LogP contribution in [-0.2, 0) is 4.79 Å². The summed E-state index contributed by atoms with van der Waals surface area (Å²) in [5.74, 6) is -0.601. The van der Waals surface area contributed by atoms with E-state index in [9.17, 15) is 4.79 Å². The zero-order chi connectivity index (χ0) is 9.19. The topological polar surface area (TPSA) is 37.3 Å². The molecule has 1 atom stereocenters. The van der Waals surface area contributed by atoms with Crippen molar-refractivity contribution in [2.45, 2.75) is 11.2 Å². The van der Waals surface area contributed by atoms with Gasteiger partial charge >= 0.3 is 0 Å². The number of allylic oxidation sites excluding steroid dienone is 5. The lowest BCUT2D eigenvalue weighted by Gasteiger charge is -2.12. The fourth-order valence-electron chi connectivity index (χ4n) is 0.789. The maximum Gasteiger partial charge on any atom is 0.219 e. The fourth-order valence-corrected chi connectivity index (χ4v) is 1.07. The third-order valence-electron chi connectivity index (χ3n) is 1.49. The molecule has 0 radical (unpaired) electrons. The molecule has 0 saturated carbocycles. The second kappa shape index (κ2) is 3.27. The summed E-state index contributed by atoms with van der Waals surface area (Å²) < 4.78 is -0.306. The average Bonchev–Trinajstić information content (AvgIpc) is 1.98. The van der Waals surface area contributed by atoms with Gasteiger partial charge in [-0.15, -0.1) is 0 Å². The molecule has 1 unspecified atom stereocenters. The first-order chi connectivity index (χ1) is 5.51. The van der Waals surface area contributed by atoms with E-state index < -0.39 is 0 Å². The quantitative estimate of drug-likeness (QED) is 0.647. The molecule has 0 aliphatic heterocycles. The van der Waals surface area contributed by atoms with Gasteiger partial charge in [-0.1, -0.05) is 34.2 Å². The van der Waals surface area contributed by atoms with E-state index in [0.717, 1.165) is 0 Å². The van der Waals surface area contributed by atoms with Crippen LogP contribution in [-0.4, -0.2) is 15.2 Å². The van der Waals surface area contributed by atoms with Crippen LogP contribution in [0.1, 0.15) is 6.92 Å². The molecule has 1 aliphatic rings. The molecule has 0 aromatic carbocycles. The molecule has 1 N–H and O–H groups in total. The smallest absolute Gasteiger partial charge is 0.219 e. The van der Waals surface area contributed by atoms with Crippen molar-refractivity contribution < 1.29 is 9.90 Å². The number of hydrogen-bond acceptors (Lipinski definition) is 2. The van der Waals surface area contributed by atoms with Crippen molar-refractivity contribution in [1.82, 2.24) is 0 Å². The third-order valence-corrected chi connectivity index (χ3v) is 2.02. The van der Waals surface area contributed by atoms with Crippen molar-refractivity contribution in [3.8, 4) is 0 Å². The number of alkyl halides is 1. The van der Waals surface area contributed by atoms with E-state index in [-0.39, 0.29) is 15.9 Å². The Bertz CT molecular complexity index is 285. The van der Waals surface area contributed by atoms with E-state index in [0.29, 0.717) is 0 Å². The van der Waals surface area contributed by atoms with Crippen LogP contribution < -0.4 is 0 Å². The molecule has 1 rings (SSSR count). The average molecular weight is 229 g/mol. The number of aliphatic hydroxyl groups is 1. The van der Waals surface area contributed by atoms with Gasteiger partial charge in [-0.2, -0.15) is 0 Å². The van der Waals surface area contributed by atoms with Gasteiger partial charge in [0.1, 0.15) is 0 Å². The molecule has 0 aromatic rings. The van der Waals surface area contributed by atoms with E-state index >= 15 is 0 Å². The molecule has 0 heterocycles. The van der Waals surface area contributed by atoms with Crippen LogP contribution in [0.3, 0.4) is 0 Å². The van der Waals surface area contributed by atoms with Gasteiger partial charge in [0.25, 0.3) is 0 Å². The van der Waals surface area contributed by atoms with Crippen molar-refractivity contribution >= 4 is 21.7 Å². The molecular formula is C9H9BrO2. The fraction of sp³-hybridized carbons (Fsp3) is 0.222. The summed E-state index contributed by atoms with van der Waals surface area (Å²) in [6.07, 6.45) is 7.90. The molecule has 3 heteroatoms. The van der Waals surface area contributed by atoms with E-state index in [1.807, 2.05) is 13.0 Å². The Morgan fingerprint density at radius 3 is 2.83 bits per heavy atom. The molecule has 0 fully saturated rings. The molecular weight excluding hydrogens is 220 g/mol. The summed E-state index contributed by atoms with van der Waals surface area (Å²) in [6.45, 7) is 1.91. The second-order valence-electron chi connectivity index (χ2n) is 2.76. The minimum atomic E-state index is -0.370. The van der Waals surface area contributed by atoms with Gasteiger partial charge in [-0.3, -0.25) is 4.79 Å². The monoisotopic (exact) mass is 228 g/mol. The number of hydrogen-bond donors (Lipinski definition) is 1. The first kappa shape index (κ1) is 9.26. The van der Waals surface area contributed by atoms with Crippen LogP contribution in [0, 0.1) is 0 Å². The summed E-state index contributed by atoms with van der Waals surface area (Å²) in [5.41, 5.74) is 0. The maximum atomic E-state index is 11.0. The molecule has 0 bridgehead atoms. The standard InChI is InChI=1S/C9H9BrO2/c1-9(10)5-2-3-7(11)8(12)4-6-9/h2-6,11H,1H3/b5-2-,6-4-,7-3+. The Hall–Kier alpha value is -0.830. The molecule has 0 saturated heterocycles. The first-order valence-corrected chi connectivity index (χ1v) is 4.31. The predicted octanol–water partition coefficient (Wildman–Crippen LogP) is 2.28. The summed E-state index contributed by atoms with van der Waals surface area (Å²) in [6, 6.07) is 0. The lowest BCUT2D eigenvalue weighted by molar-refractivity contribution is -0.113. The van der Waals surface area contributed by atoms with Gasteiger partial charge in [0.05, 0.1) is 4.32 Å². The van der Waals surface area contributed by atoms with Gasteiger partial charge in [0.15, 0.2) is 5.76 Å². The maximum absolute atomic E-state index is 11.0. The van der Waals surface area contributed by atoms with Gasteiger partial charge in [-0.05, 0) is 19.1 Å². The number of carbonyl (C=O) groups excluding carboxylic acids is 1. The van der Waals surface area contributed by atoms with E-state index in [4.69, 9.17) is 5.11 Å². The van der Waals surface area contributed by atoms with Crippen molar-refractivity contribution in [1.29, 1.82) is 0 Å². The zero-order valence-electron chi connectivity index (χ0n) is 6.62. The van der Waals surface area contributed by atoms with E-state index in [1.54, 1.807) is 12.2 Å². The highest BCUT2D eigenvalue weighted by Crippen LogP contribution is 2.22. The highest BCUT2D eigenvalue weighted by Gasteiger charge is 2.14. The molecule has 0 amide bonds. The van der Waals surface area contributed by atoms with Crippen LogP contribution in [0.15, 0.2) is 36.1 Å². The van der Waals surface area contributed by atoms with Crippen molar-refractivity contribution in [2.75, 3.05) is 0 Å². The zero-order valence-corrected chi connectivity index (χ0v) is 8.21. The summed E-state index contributed by atoms with van der Waals surface area (Å²) in [4.78, 5) is 11.0. The van der Waals surface area contributed by atoms with Crippen molar-refractivity contribution in [3.63, 3.8) is 0 Å². The van der Waals surface area contributed by atoms with Crippen molar-refractivity contribution in [2.24, 2.45) is 0 Å². The van der Waals surface area contributed by atoms with Gasteiger partial charge in [0, 0.05) is 0 Å². The summed E-state index contributed by atoms with van der Waals surface area (Å²) in [7, 11) is 0. The van der Waals surface area contributed by atoms with Gasteiger partial charge in [0.2, 0.25) is 5.78 Å². The Labute approximate surface area is 79.4 Å². The second-order valence-corrected chi connectivity index (χ2v) is 4.47. The predicted molar refractivity (Wildman–Crippen MR) is 51.3 cm³/mol. The van der Waals surface area contributed by atoms with E-state index in [2.05, 4.69) is 15.9 Å². The molecule has 1 aliphatic carbocycles. The summed E-state index contributed by atoms with van der Waals surface area (Å²) in [5, 5.41) is 9.05. The van der Waals surface area contributed by atoms with Crippen LogP contribution in [0.5, 0.6) is 0 Å². The number of halogens is 1. The van der Waals surface area contributed by atoms with Crippen LogP contribution in [0.4, 0.5) is 0 Å². The Balaban J connectivity index is 3.03. The van der Waals surface area contributed by atoms with E-state index in [1.165, 1.54) is 12.2 Å². The lowest BCUT2D eigenvalue weighted by Crippen LogP contribution is -2.10. The number of carbonyl (C=O) groups is 1. The van der Waals surface area contributed by atoms with Crippen molar-refractivity contribution in [3.05, 3.63) is 36.1 Å². The number of ketones is 1. The third kappa shape index (κ3) is 2.34. The molecule has 12 heavy (non-hydrogen) atoms. The van der Waals surface area contributed by atoms with Crippen LogP contribution in [0.25, 0.3) is 0 Å². The Morgan fingerprint density at radius 1 is 1.50 bits per heavy atom. The normalized spacial score (nSPS) is 39.2. The number of aliphatic hydroxyl groups excluding tert-OH is 1. The lowest BCUT2D eigenvalue weighted by atomic mass is 10.1. The largest absolute Gasteiger partial charge is 0.504 e. The highest BCUT2D eigenvalue weighted by atomic mass is 79.9. The summed E-state index contributed by atoms with van der Waals surface area (Å²) >= 11 is 3.39. The SMILES string of the molecule is CC1(Br)/C=C\C=C(\O)C(=O)/C=C\1. The molecule has 0 spiro atoms. The van der Waals surface area contributed by atoms with Gasteiger partial charge < -0.3 is 5.11 Å². The Kier molecular flexibility index (Phi) is 2.52. The Morgan fingerprint density at radius 2 is 2.17 bits per heavy atom. The van der Waals surface area contributed by atoms with Crippen LogP contribution in [0.2, 0.25) is 0 Å². The first-order valence-electron chi connectivity index (χ1n) is 3.52. The highest BCUT2D eigenvalue weighted by molar-refractivity contribution is 9.10. The minimum Gasteiger partial charge on any atom is -0.504 e. The van der Waals surface area contributed by atoms with Gasteiger partial charge in [-0.25, -0.2) is 0 Å². The number of rotatable bonds is 0. The molecule has 2 nitrogen and oxygen atoms in total. The van der Waals surface area contributed by atoms with Crippen LogP contribution >= 0.6 is 15.9 Å². The molecule has 64 valence electrons. The minimum absolute atomic E-state index is 0.231.